The van der Waals surface area contributed by atoms with E-state index in [1.807, 2.05) is 66.9 Å². The van der Waals surface area contributed by atoms with Gasteiger partial charge in [-0.15, -0.1) is 0 Å². The first-order chi connectivity index (χ1) is 16.3. The fourth-order valence-electron chi connectivity index (χ4n) is 3.12. The van der Waals surface area contributed by atoms with Crippen LogP contribution in [0.1, 0.15) is 11.1 Å². The van der Waals surface area contributed by atoms with Crippen molar-refractivity contribution in [3.05, 3.63) is 101 Å². The zero-order chi connectivity index (χ0) is 24.1. The van der Waals surface area contributed by atoms with Gasteiger partial charge in [-0.25, -0.2) is 4.68 Å². The second-order valence-electron chi connectivity index (χ2n) is 7.10. The van der Waals surface area contributed by atoms with Crippen molar-refractivity contribution < 1.29 is 13.2 Å². The maximum Gasteiger partial charge on any atom is 0.416 e. The van der Waals surface area contributed by atoms with E-state index in [9.17, 15) is 13.2 Å². The molecule has 4 aromatic rings. The highest BCUT2D eigenvalue weighted by Gasteiger charge is 2.31. The number of alkyl halides is 3. The summed E-state index contributed by atoms with van der Waals surface area (Å²) in [6.07, 6.45) is -1.14. The van der Waals surface area contributed by atoms with E-state index in [-0.39, 0.29) is 15.8 Å². The fourth-order valence-corrected chi connectivity index (χ4v) is 3.45. The first kappa shape index (κ1) is 23.5. The third kappa shape index (κ3) is 5.62. The molecule has 0 saturated heterocycles. The highest BCUT2D eigenvalue weighted by Crippen LogP contribution is 2.33. The summed E-state index contributed by atoms with van der Waals surface area (Å²) >= 11 is 11.2. The van der Waals surface area contributed by atoms with Crippen LogP contribution in [0, 0.1) is 0 Å². The van der Waals surface area contributed by atoms with E-state index in [2.05, 4.69) is 20.9 Å². The first-order valence-corrected chi connectivity index (χ1v) is 10.8. The minimum atomic E-state index is -4.50. The van der Waals surface area contributed by atoms with Crippen LogP contribution in [-0.4, -0.2) is 21.1 Å². The molecule has 0 aliphatic rings. The molecule has 3 aromatic carbocycles. The van der Waals surface area contributed by atoms with E-state index in [0.717, 1.165) is 29.4 Å². The standard InChI is InChI=1S/C24H17ClF3N5S/c25-20-12-11-18(24(26,27)28)13-21(20)30-23(34)31-29-14-17-15-33(19-9-5-2-6-10-19)32-22(17)16-7-3-1-4-8-16/h1-15H,(H2,30,31,34). The van der Waals surface area contributed by atoms with Crippen LogP contribution in [0.5, 0.6) is 0 Å². The molecule has 2 N–H and O–H groups in total. The lowest BCUT2D eigenvalue weighted by Crippen LogP contribution is -2.24. The van der Waals surface area contributed by atoms with Gasteiger partial charge in [-0.05, 0) is 42.5 Å². The lowest BCUT2D eigenvalue weighted by atomic mass is 10.1. The molecule has 0 spiro atoms. The molecule has 34 heavy (non-hydrogen) atoms. The average molecular weight is 500 g/mol. The van der Waals surface area contributed by atoms with Gasteiger partial charge in [0.05, 0.1) is 28.2 Å². The second-order valence-corrected chi connectivity index (χ2v) is 7.91. The van der Waals surface area contributed by atoms with Crippen LogP contribution in [0.15, 0.2) is 90.2 Å². The summed E-state index contributed by atoms with van der Waals surface area (Å²) < 4.78 is 40.7. The van der Waals surface area contributed by atoms with Gasteiger partial charge in [0.25, 0.3) is 0 Å². The van der Waals surface area contributed by atoms with Crippen molar-refractivity contribution in [1.82, 2.24) is 15.2 Å². The SMILES string of the molecule is FC(F)(F)c1ccc(Cl)c(NC(=S)NN=Cc2cn(-c3ccccc3)nc2-c2ccccc2)c1. The Morgan fingerprint density at radius 2 is 1.68 bits per heavy atom. The van der Waals surface area contributed by atoms with Crippen LogP contribution < -0.4 is 10.7 Å². The third-order valence-electron chi connectivity index (χ3n) is 4.72. The van der Waals surface area contributed by atoms with E-state index in [0.29, 0.717) is 11.3 Å². The normalized spacial score (nSPS) is 11.5. The number of thiocarbonyl (C=S) groups is 1. The average Bonchev–Trinajstić information content (AvgIpc) is 3.25. The number of nitrogens with zero attached hydrogens (tertiary/aromatic N) is 3. The number of benzene rings is 3. The highest BCUT2D eigenvalue weighted by molar-refractivity contribution is 7.80. The minimum Gasteiger partial charge on any atom is -0.330 e. The molecule has 0 atom stereocenters. The van der Waals surface area contributed by atoms with Crippen LogP contribution >= 0.6 is 23.8 Å². The molecular weight excluding hydrogens is 483 g/mol. The van der Waals surface area contributed by atoms with Crippen LogP contribution in [0.25, 0.3) is 16.9 Å². The van der Waals surface area contributed by atoms with E-state index < -0.39 is 11.7 Å². The second kappa shape index (κ2) is 10.1. The van der Waals surface area contributed by atoms with Crippen LogP contribution in [0.3, 0.4) is 0 Å². The Hall–Kier alpha value is -3.69. The number of hydrazone groups is 1. The largest absolute Gasteiger partial charge is 0.416 e. The maximum atomic E-state index is 13.0. The summed E-state index contributed by atoms with van der Waals surface area (Å²) in [7, 11) is 0. The van der Waals surface area contributed by atoms with E-state index in [1.165, 1.54) is 6.21 Å². The van der Waals surface area contributed by atoms with Crippen molar-refractivity contribution in [2.24, 2.45) is 5.10 Å². The van der Waals surface area contributed by atoms with Gasteiger partial charge in [-0.1, -0.05) is 60.1 Å². The maximum absolute atomic E-state index is 13.0. The van der Waals surface area contributed by atoms with Gasteiger partial charge in [0, 0.05) is 17.3 Å². The van der Waals surface area contributed by atoms with Gasteiger partial charge in [0.1, 0.15) is 5.69 Å². The van der Waals surface area contributed by atoms with Gasteiger partial charge in [0.2, 0.25) is 0 Å². The molecule has 0 radical (unpaired) electrons. The number of halogens is 4. The van der Waals surface area contributed by atoms with Gasteiger partial charge in [-0.3, -0.25) is 5.43 Å². The molecule has 172 valence electrons. The van der Waals surface area contributed by atoms with Gasteiger partial charge >= 0.3 is 6.18 Å². The quantitative estimate of drug-likeness (QED) is 0.186. The van der Waals surface area contributed by atoms with E-state index >= 15 is 0 Å². The Kier molecular flexibility index (Phi) is 6.95. The summed E-state index contributed by atoms with van der Waals surface area (Å²) in [4.78, 5) is 0. The molecule has 0 unspecified atom stereocenters. The zero-order valence-corrected chi connectivity index (χ0v) is 19.0. The van der Waals surface area contributed by atoms with E-state index in [4.69, 9.17) is 23.8 Å². The Balaban J connectivity index is 1.54. The number of hydrogen-bond acceptors (Lipinski definition) is 3. The fraction of sp³-hybridized carbons (Fsp3) is 0.0417. The zero-order valence-electron chi connectivity index (χ0n) is 17.4. The Morgan fingerprint density at radius 3 is 2.35 bits per heavy atom. The molecule has 10 heteroatoms. The molecular formula is C24H17ClF3N5S. The monoisotopic (exact) mass is 499 g/mol. The lowest BCUT2D eigenvalue weighted by molar-refractivity contribution is -0.137. The number of anilines is 1. The van der Waals surface area contributed by atoms with Gasteiger partial charge < -0.3 is 5.32 Å². The number of nitrogens with one attached hydrogen (secondary N) is 2. The van der Waals surface area contributed by atoms with E-state index in [1.54, 1.807) is 4.68 Å². The van der Waals surface area contributed by atoms with Gasteiger partial charge in [-0.2, -0.15) is 23.4 Å². The van der Waals surface area contributed by atoms with Crippen molar-refractivity contribution in [3.8, 4) is 16.9 Å². The lowest BCUT2D eigenvalue weighted by Gasteiger charge is -2.12. The molecule has 0 amide bonds. The highest BCUT2D eigenvalue weighted by atomic mass is 35.5. The molecule has 0 aliphatic heterocycles. The molecule has 1 heterocycles. The number of rotatable bonds is 5. The molecule has 0 saturated carbocycles. The third-order valence-corrected chi connectivity index (χ3v) is 5.25. The predicted molar refractivity (Wildman–Crippen MR) is 132 cm³/mol. The van der Waals surface area contributed by atoms with Crippen LogP contribution in [-0.2, 0) is 6.18 Å². The number of aromatic nitrogens is 2. The van der Waals surface area contributed by atoms with Crippen LogP contribution in [0.2, 0.25) is 5.02 Å². The summed E-state index contributed by atoms with van der Waals surface area (Å²) in [5, 5.41) is 11.5. The number of para-hydroxylation sites is 1. The smallest absolute Gasteiger partial charge is 0.330 e. The van der Waals surface area contributed by atoms with Crippen molar-refractivity contribution in [2.75, 3.05) is 5.32 Å². The molecule has 4 rings (SSSR count). The molecule has 5 nitrogen and oxygen atoms in total. The molecule has 0 bridgehead atoms. The first-order valence-electron chi connectivity index (χ1n) is 9.98. The van der Waals surface area contributed by atoms with Crippen molar-refractivity contribution in [1.29, 1.82) is 0 Å². The molecule has 1 aromatic heterocycles. The molecule has 0 aliphatic carbocycles. The molecule has 0 fully saturated rings. The Labute approximate surface area is 203 Å². The Bertz CT molecular complexity index is 1320. The summed E-state index contributed by atoms with van der Waals surface area (Å²) in [5.41, 5.74) is 4.97. The van der Waals surface area contributed by atoms with Crippen LogP contribution in [0.4, 0.5) is 18.9 Å². The van der Waals surface area contributed by atoms with Crippen molar-refractivity contribution in [2.45, 2.75) is 6.18 Å². The Morgan fingerprint density at radius 1 is 1.00 bits per heavy atom. The summed E-state index contributed by atoms with van der Waals surface area (Å²) in [6.45, 7) is 0. The van der Waals surface area contributed by atoms with Crippen molar-refractivity contribution in [3.63, 3.8) is 0 Å². The predicted octanol–water partition coefficient (Wildman–Crippen LogP) is 6.53. The minimum absolute atomic E-state index is 0.0193. The summed E-state index contributed by atoms with van der Waals surface area (Å²) in [5.74, 6) is 0. The summed E-state index contributed by atoms with van der Waals surface area (Å²) in [6, 6.07) is 22.2. The topological polar surface area (TPSA) is 54.2 Å². The number of hydrogen-bond donors (Lipinski definition) is 2. The van der Waals surface area contributed by atoms with Gasteiger partial charge in [0.15, 0.2) is 5.11 Å². The van der Waals surface area contributed by atoms with Crippen molar-refractivity contribution >= 4 is 40.8 Å².